The first-order chi connectivity index (χ1) is 17.2. The first-order valence-corrected chi connectivity index (χ1v) is 13.5. The molecule has 0 bridgehead atoms. The standard InChI is InChI=1S/C26H35ClN2O7S/c1-24(2,3)37(33)29-25(4)15-36-22-17(25)14-21(28-23(22)27)26(5,32)10-9-18(31)16-7-8-19(35-12-11-30)20(13-16)34-6/h7-8,13-14,29-30,32H,9-12,15H2,1-6H3. The molecule has 0 fully saturated rings. The van der Waals surface area contributed by atoms with Gasteiger partial charge in [-0.2, -0.15) is 0 Å². The topological polar surface area (TPSA) is 127 Å². The van der Waals surface area contributed by atoms with Gasteiger partial charge in [-0.05, 0) is 65.3 Å². The van der Waals surface area contributed by atoms with Gasteiger partial charge in [-0.3, -0.25) is 4.79 Å². The van der Waals surface area contributed by atoms with Gasteiger partial charge in [0.15, 0.2) is 28.2 Å². The summed E-state index contributed by atoms with van der Waals surface area (Å²) in [6, 6.07) is 6.48. The molecule has 0 saturated carbocycles. The molecule has 37 heavy (non-hydrogen) atoms. The summed E-state index contributed by atoms with van der Waals surface area (Å²) < 4.78 is 31.9. The zero-order valence-electron chi connectivity index (χ0n) is 22.0. The van der Waals surface area contributed by atoms with E-state index in [0.717, 1.165) is 0 Å². The van der Waals surface area contributed by atoms with Crippen molar-refractivity contribution in [2.75, 3.05) is 26.9 Å². The first kappa shape index (κ1) is 29.3. The van der Waals surface area contributed by atoms with Crippen LogP contribution in [0.25, 0.3) is 0 Å². The maximum Gasteiger partial charge on any atom is 0.171 e. The van der Waals surface area contributed by atoms with Crippen LogP contribution in [-0.2, 0) is 22.1 Å². The number of fused-ring (bicyclic) bond motifs is 1. The molecule has 204 valence electrons. The molecule has 3 rings (SSSR count). The number of rotatable bonds is 11. The van der Waals surface area contributed by atoms with Crippen molar-refractivity contribution < 1.29 is 33.4 Å². The van der Waals surface area contributed by atoms with Crippen LogP contribution in [0.2, 0.25) is 5.15 Å². The Morgan fingerprint density at radius 2 is 1.97 bits per heavy atom. The van der Waals surface area contributed by atoms with E-state index in [4.69, 9.17) is 30.9 Å². The van der Waals surface area contributed by atoms with Crippen LogP contribution in [0, 0.1) is 0 Å². The van der Waals surface area contributed by atoms with Crippen molar-refractivity contribution in [2.45, 2.75) is 63.3 Å². The monoisotopic (exact) mass is 554 g/mol. The molecule has 0 spiro atoms. The van der Waals surface area contributed by atoms with Crippen LogP contribution in [0.1, 0.15) is 69.1 Å². The molecule has 2 aromatic rings. The second kappa shape index (κ2) is 11.2. The lowest BCUT2D eigenvalue weighted by molar-refractivity contribution is 0.0395. The zero-order chi connectivity index (χ0) is 27.6. The number of benzene rings is 1. The number of ketones is 1. The molecule has 0 saturated heterocycles. The fourth-order valence-corrected chi connectivity index (χ4v) is 4.94. The average Bonchev–Trinajstić information content (AvgIpc) is 3.17. The zero-order valence-corrected chi connectivity index (χ0v) is 23.6. The molecule has 1 aliphatic rings. The summed E-state index contributed by atoms with van der Waals surface area (Å²) in [5.74, 6) is 0.977. The first-order valence-electron chi connectivity index (χ1n) is 11.9. The predicted molar refractivity (Wildman–Crippen MR) is 142 cm³/mol. The van der Waals surface area contributed by atoms with Gasteiger partial charge in [-0.15, -0.1) is 0 Å². The van der Waals surface area contributed by atoms with Crippen molar-refractivity contribution in [1.82, 2.24) is 9.71 Å². The molecule has 1 aromatic carbocycles. The molecule has 2 heterocycles. The average molecular weight is 555 g/mol. The van der Waals surface area contributed by atoms with Crippen LogP contribution in [0.15, 0.2) is 24.3 Å². The van der Waals surface area contributed by atoms with Gasteiger partial charge < -0.3 is 24.4 Å². The third kappa shape index (κ3) is 6.61. The molecule has 1 aromatic heterocycles. The third-order valence-corrected chi connectivity index (χ3v) is 8.14. The summed E-state index contributed by atoms with van der Waals surface area (Å²) in [4.78, 5) is 17.3. The molecule has 0 radical (unpaired) electrons. The molecule has 11 heteroatoms. The quantitative estimate of drug-likeness (QED) is 0.284. The Morgan fingerprint density at radius 1 is 1.27 bits per heavy atom. The van der Waals surface area contributed by atoms with Crippen molar-refractivity contribution in [1.29, 1.82) is 0 Å². The summed E-state index contributed by atoms with van der Waals surface area (Å²) in [7, 11) is 0.0872. The number of aliphatic hydroxyl groups excluding tert-OH is 1. The van der Waals surface area contributed by atoms with Crippen molar-refractivity contribution >= 4 is 28.4 Å². The van der Waals surface area contributed by atoms with Crippen LogP contribution < -0.4 is 18.9 Å². The summed E-state index contributed by atoms with van der Waals surface area (Å²) in [6.45, 7) is 9.21. The number of carbonyl (C=O) groups excluding carboxylic acids is 1. The maximum absolute atomic E-state index is 12.9. The van der Waals surface area contributed by atoms with E-state index in [2.05, 4.69) is 9.71 Å². The Hall–Kier alpha value is -2.24. The van der Waals surface area contributed by atoms with Crippen LogP contribution in [-0.4, -0.2) is 56.9 Å². The van der Waals surface area contributed by atoms with Gasteiger partial charge >= 0.3 is 0 Å². The Bertz CT molecular complexity index is 1180. The molecule has 0 amide bonds. The number of nitrogens with one attached hydrogen (secondary N) is 1. The highest BCUT2D eigenvalue weighted by atomic mass is 35.5. The van der Waals surface area contributed by atoms with Gasteiger partial charge in [0.2, 0.25) is 0 Å². The highest BCUT2D eigenvalue weighted by Gasteiger charge is 2.42. The molecule has 9 nitrogen and oxygen atoms in total. The van der Waals surface area contributed by atoms with E-state index in [9.17, 15) is 14.1 Å². The number of aromatic nitrogens is 1. The van der Waals surface area contributed by atoms with Crippen LogP contribution in [0.5, 0.6) is 17.2 Å². The highest BCUT2D eigenvalue weighted by Crippen LogP contribution is 2.43. The number of halogens is 1. The largest absolute Gasteiger partial charge is 0.493 e. The Balaban J connectivity index is 1.80. The number of Topliss-reactive ketones (excluding diaryl/α,β-unsaturated/α-hetero) is 1. The van der Waals surface area contributed by atoms with Gasteiger partial charge in [-0.25, -0.2) is 13.9 Å². The lowest BCUT2D eigenvalue weighted by atomic mass is 9.89. The predicted octanol–water partition coefficient (Wildman–Crippen LogP) is 3.64. The molecule has 0 aliphatic carbocycles. The molecule has 3 N–H and O–H groups in total. The van der Waals surface area contributed by atoms with Crippen LogP contribution in [0.3, 0.4) is 0 Å². The van der Waals surface area contributed by atoms with Gasteiger partial charge in [0.25, 0.3) is 0 Å². The van der Waals surface area contributed by atoms with E-state index in [1.165, 1.54) is 7.11 Å². The van der Waals surface area contributed by atoms with Gasteiger partial charge in [-0.1, -0.05) is 11.6 Å². The van der Waals surface area contributed by atoms with E-state index in [1.54, 1.807) is 31.2 Å². The van der Waals surface area contributed by atoms with E-state index >= 15 is 0 Å². The number of aliphatic hydroxyl groups is 2. The van der Waals surface area contributed by atoms with Gasteiger partial charge in [0, 0.05) is 17.5 Å². The maximum atomic E-state index is 12.9. The number of methoxy groups -OCH3 is 1. The summed E-state index contributed by atoms with van der Waals surface area (Å²) in [5.41, 5.74) is -0.949. The van der Waals surface area contributed by atoms with Crippen molar-refractivity contribution in [3.05, 3.63) is 46.2 Å². The number of pyridine rings is 1. The van der Waals surface area contributed by atoms with E-state index in [0.29, 0.717) is 28.4 Å². The highest BCUT2D eigenvalue weighted by molar-refractivity contribution is 7.84. The minimum atomic E-state index is -1.48. The Labute approximate surface area is 225 Å². The van der Waals surface area contributed by atoms with E-state index in [-0.39, 0.29) is 49.3 Å². The Kier molecular flexibility index (Phi) is 8.91. The molecule has 3 unspecified atom stereocenters. The van der Waals surface area contributed by atoms with E-state index < -0.39 is 26.9 Å². The number of carbonyl (C=O) groups is 1. The molecule has 3 atom stereocenters. The summed E-state index contributed by atoms with van der Waals surface area (Å²) in [6.07, 6.45) is 0.112. The normalized spacial score (nSPS) is 19.5. The lowest BCUT2D eigenvalue weighted by Crippen LogP contribution is -2.47. The fraction of sp³-hybridized carbons (Fsp3) is 0.538. The number of ether oxygens (including phenoxy) is 3. The second-order valence-electron chi connectivity index (χ2n) is 10.4. The lowest BCUT2D eigenvalue weighted by Gasteiger charge is -2.30. The number of hydrogen-bond acceptors (Lipinski definition) is 8. The molecular formula is C26H35ClN2O7S. The van der Waals surface area contributed by atoms with Crippen molar-refractivity contribution in [3.63, 3.8) is 0 Å². The van der Waals surface area contributed by atoms with Gasteiger partial charge in [0.1, 0.15) is 18.8 Å². The minimum absolute atomic E-state index is 0.0312. The molecule has 1 aliphatic heterocycles. The van der Waals surface area contributed by atoms with E-state index in [1.807, 2.05) is 27.7 Å². The number of nitrogens with zero attached hydrogens (tertiary/aromatic N) is 1. The summed E-state index contributed by atoms with van der Waals surface area (Å²) >= 11 is 6.42. The van der Waals surface area contributed by atoms with Gasteiger partial charge in [0.05, 0.1) is 40.7 Å². The van der Waals surface area contributed by atoms with Crippen LogP contribution >= 0.6 is 11.6 Å². The van der Waals surface area contributed by atoms with Crippen LogP contribution in [0.4, 0.5) is 0 Å². The SMILES string of the molecule is COc1cc(C(=O)CCC(C)(O)c2cc3c(c(Cl)n2)OCC3(C)NS(=O)C(C)(C)C)ccc1OCCO. The van der Waals surface area contributed by atoms with Crippen molar-refractivity contribution in [2.24, 2.45) is 0 Å². The fourth-order valence-electron chi connectivity index (χ4n) is 3.81. The molecular weight excluding hydrogens is 520 g/mol. The Morgan fingerprint density at radius 3 is 2.59 bits per heavy atom. The van der Waals surface area contributed by atoms with Crippen molar-refractivity contribution in [3.8, 4) is 17.2 Å². The third-order valence-electron chi connectivity index (χ3n) is 6.13. The minimum Gasteiger partial charge on any atom is -0.493 e. The second-order valence-corrected chi connectivity index (χ2v) is 12.7. The summed E-state index contributed by atoms with van der Waals surface area (Å²) in [5, 5.41) is 20.4. The number of hydrogen-bond donors (Lipinski definition) is 3. The smallest absolute Gasteiger partial charge is 0.171 e.